The molecule has 1 atom stereocenters. The molecule has 8 nitrogen and oxygen atoms in total. The van der Waals surface area contributed by atoms with Crippen LogP contribution in [0.15, 0.2) is 29.5 Å². The molecule has 1 heterocycles. The number of amides is 2. The molecule has 0 aromatic heterocycles. The summed E-state index contributed by atoms with van der Waals surface area (Å²) < 4.78 is 15.7. The highest BCUT2D eigenvalue weighted by molar-refractivity contribution is 5.95. The number of hydrogen-bond acceptors (Lipinski definition) is 5. The van der Waals surface area contributed by atoms with Gasteiger partial charge < -0.3 is 30.2 Å². The van der Waals surface area contributed by atoms with Crippen LogP contribution in [0, 0.1) is 0 Å². The van der Waals surface area contributed by atoms with E-state index in [2.05, 4.69) is 16.0 Å². The van der Waals surface area contributed by atoms with Crippen LogP contribution in [-0.4, -0.2) is 45.9 Å². The highest BCUT2D eigenvalue weighted by atomic mass is 16.5. The topological polar surface area (TPSA) is 102 Å². The average Bonchev–Trinajstić information content (AvgIpc) is 2.76. The number of quaternary nitrogens is 1. The van der Waals surface area contributed by atoms with E-state index in [1.165, 1.54) is 26.4 Å². The van der Waals surface area contributed by atoms with Gasteiger partial charge in [0.25, 0.3) is 0 Å². The van der Waals surface area contributed by atoms with Gasteiger partial charge in [-0.15, -0.1) is 0 Å². The van der Waals surface area contributed by atoms with Gasteiger partial charge in [0.05, 0.1) is 44.7 Å². The predicted molar refractivity (Wildman–Crippen MR) is 107 cm³/mol. The normalized spacial score (nSPS) is 20.0. The van der Waals surface area contributed by atoms with E-state index in [9.17, 15) is 9.59 Å². The van der Waals surface area contributed by atoms with E-state index in [-0.39, 0.29) is 6.03 Å². The maximum atomic E-state index is 12.7. The van der Waals surface area contributed by atoms with Gasteiger partial charge in [0, 0.05) is 0 Å². The van der Waals surface area contributed by atoms with E-state index in [4.69, 9.17) is 14.2 Å². The zero-order valence-electron chi connectivity index (χ0n) is 17.2. The number of carbonyl (C=O) groups excluding carboxylic acids is 2. The minimum Gasteiger partial charge on any atom is -0.493 e. The van der Waals surface area contributed by atoms with Gasteiger partial charge in [0.2, 0.25) is 0 Å². The van der Waals surface area contributed by atoms with Crippen LogP contribution in [0.5, 0.6) is 11.5 Å². The maximum absolute atomic E-state index is 12.7. The first-order valence-corrected chi connectivity index (χ1v) is 10.0. The van der Waals surface area contributed by atoms with E-state index in [1.807, 2.05) is 6.07 Å². The first kappa shape index (κ1) is 21.0. The second-order valence-corrected chi connectivity index (χ2v) is 7.37. The standard InChI is InChI=1S/C21H29N3O5/c1-27-16-10-9-13(11-17(16)28-2)19-18(20(25)29-3)15(23-21(26)24-19)12-22-14-7-5-4-6-8-14/h9-11,14,19,22H,4-8,12H2,1-3H3,(H2,23,24,26)/p+1/t19-/m1/s1. The molecule has 1 aliphatic carbocycles. The van der Waals surface area contributed by atoms with Gasteiger partial charge in [-0.1, -0.05) is 12.5 Å². The molecular formula is C21H30N3O5+. The second-order valence-electron chi connectivity index (χ2n) is 7.37. The van der Waals surface area contributed by atoms with E-state index in [0.29, 0.717) is 40.9 Å². The Labute approximate surface area is 171 Å². The number of ether oxygens (including phenoxy) is 3. The Morgan fingerprint density at radius 1 is 1.10 bits per heavy atom. The molecule has 29 heavy (non-hydrogen) atoms. The smallest absolute Gasteiger partial charge is 0.338 e. The SMILES string of the molecule is COC(=O)C1=C(C[NH2+]C2CCCCC2)NC(=O)N[C@@H]1c1ccc(OC)c(OC)c1. The van der Waals surface area contributed by atoms with Crippen molar-refractivity contribution >= 4 is 12.0 Å². The van der Waals surface area contributed by atoms with Crippen LogP contribution in [0.3, 0.4) is 0 Å². The van der Waals surface area contributed by atoms with Crippen molar-refractivity contribution in [1.29, 1.82) is 0 Å². The number of hydrogen-bond donors (Lipinski definition) is 3. The van der Waals surface area contributed by atoms with Crippen LogP contribution in [-0.2, 0) is 9.53 Å². The molecule has 2 amide bonds. The Morgan fingerprint density at radius 2 is 1.83 bits per heavy atom. The second kappa shape index (κ2) is 9.65. The van der Waals surface area contributed by atoms with Gasteiger partial charge in [0.15, 0.2) is 11.5 Å². The molecule has 2 aliphatic rings. The Balaban J connectivity index is 1.93. The molecule has 1 aromatic rings. The summed E-state index contributed by atoms with van der Waals surface area (Å²) in [5, 5.41) is 7.87. The average molecular weight is 404 g/mol. The summed E-state index contributed by atoms with van der Waals surface area (Å²) in [6.07, 6.45) is 6.05. The molecule has 3 rings (SSSR count). The van der Waals surface area contributed by atoms with Gasteiger partial charge in [-0.2, -0.15) is 0 Å². The highest BCUT2D eigenvalue weighted by Gasteiger charge is 2.35. The predicted octanol–water partition coefficient (Wildman–Crippen LogP) is 1.38. The van der Waals surface area contributed by atoms with Crippen molar-refractivity contribution in [1.82, 2.24) is 10.6 Å². The fourth-order valence-corrected chi connectivity index (χ4v) is 4.07. The van der Waals surface area contributed by atoms with Crippen LogP contribution in [0.4, 0.5) is 4.79 Å². The number of benzene rings is 1. The summed E-state index contributed by atoms with van der Waals surface area (Å²) in [5.41, 5.74) is 1.71. The molecular weight excluding hydrogens is 374 g/mol. The molecule has 158 valence electrons. The van der Waals surface area contributed by atoms with Gasteiger partial charge in [-0.3, -0.25) is 0 Å². The lowest BCUT2D eigenvalue weighted by Crippen LogP contribution is -2.91. The fourth-order valence-electron chi connectivity index (χ4n) is 4.07. The van der Waals surface area contributed by atoms with Crippen LogP contribution in [0.25, 0.3) is 0 Å². The number of esters is 1. The molecule has 4 N–H and O–H groups in total. The van der Waals surface area contributed by atoms with Crippen LogP contribution < -0.4 is 25.4 Å². The monoisotopic (exact) mass is 404 g/mol. The summed E-state index contributed by atoms with van der Waals surface area (Å²) in [4.78, 5) is 25.0. The first-order valence-electron chi connectivity index (χ1n) is 10.0. The Kier molecular flexibility index (Phi) is 6.98. The van der Waals surface area contributed by atoms with Crippen molar-refractivity contribution in [2.75, 3.05) is 27.9 Å². The van der Waals surface area contributed by atoms with Gasteiger partial charge in [-0.05, 0) is 43.4 Å². The quantitative estimate of drug-likeness (QED) is 0.596. The van der Waals surface area contributed by atoms with Gasteiger partial charge >= 0.3 is 12.0 Å². The summed E-state index contributed by atoms with van der Waals surface area (Å²) in [6, 6.07) is 4.87. The van der Waals surface area contributed by atoms with Crippen LogP contribution in [0.2, 0.25) is 0 Å². The molecule has 0 radical (unpaired) electrons. The zero-order valence-corrected chi connectivity index (χ0v) is 17.2. The Hall–Kier alpha value is -2.74. The van der Waals surface area contributed by atoms with Crippen molar-refractivity contribution in [3.63, 3.8) is 0 Å². The van der Waals surface area contributed by atoms with Crippen molar-refractivity contribution < 1.29 is 29.1 Å². The molecule has 1 saturated carbocycles. The number of urea groups is 1. The largest absolute Gasteiger partial charge is 0.493 e. The first-order chi connectivity index (χ1) is 14.1. The summed E-state index contributed by atoms with van der Waals surface area (Å²) in [6.45, 7) is 0.520. The lowest BCUT2D eigenvalue weighted by atomic mass is 9.93. The molecule has 1 aliphatic heterocycles. The van der Waals surface area contributed by atoms with Crippen molar-refractivity contribution in [2.45, 2.75) is 44.2 Å². The lowest BCUT2D eigenvalue weighted by Gasteiger charge is -2.29. The van der Waals surface area contributed by atoms with E-state index in [0.717, 1.165) is 12.8 Å². The number of methoxy groups -OCH3 is 3. The molecule has 0 bridgehead atoms. The molecule has 1 aromatic carbocycles. The van der Waals surface area contributed by atoms with Crippen molar-refractivity contribution in [3.05, 3.63) is 35.0 Å². The zero-order chi connectivity index (χ0) is 20.8. The van der Waals surface area contributed by atoms with Crippen LogP contribution in [0.1, 0.15) is 43.7 Å². The van der Waals surface area contributed by atoms with Gasteiger partial charge in [-0.25, -0.2) is 9.59 Å². The maximum Gasteiger partial charge on any atom is 0.338 e. The number of nitrogens with two attached hydrogens (primary N) is 1. The highest BCUT2D eigenvalue weighted by Crippen LogP contribution is 2.34. The third kappa shape index (κ3) is 4.82. The third-order valence-electron chi connectivity index (χ3n) is 5.61. The third-order valence-corrected chi connectivity index (χ3v) is 5.61. The summed E-state index contributed by atoms with van der Waals surface area (Å²) in [5.74, 6) is 0.632. The Bertz CT molecular complexity index is 787. The lowest BCUT2D eigenvalue weighted by molar-refractivity contribution is -0.685. The molecule has 0 spiro atoms. The number of carbonyl (C=O) groups is 2. The molecule has 1 fully saturated rings. The Morgan fingerprint density at radius 3 is 2.48 bits per heavy atom. The molecule has 8 heteroatoms. The minimum absolute atomic E-state index is 0.343. The molecule has 0 saturated heterocycles. The van der Waals surface area contributed by atoms with E-state index >= 15 is 0 Å². The van der Waals surface area contributed by atoms with Crippen LogP contribution >= 0.6 is 0 Å². The minimum atomic E-state index is -0.634. The summed E-state index contributed by atoms with van der Waals surface area (Å²) >= 11 is 0. The van der Waals surface area contributed by atoms with Crippen molar-refractivity contribution in [3.8, 4) is 11.5 Å². The number of rotatable bonds is 7. The van der Waals surface area contributed by atoms with Gasteiger partial charge in [0.1, 0.15) is 6.54 Å². The summed E-state index contributed by atoms with van der Waals surface area (Å²) in [7, 11) is 4.45. The van der Waals surface area contributed by atoms with Crippen molar-refractivity contribution in [2.24, 2.45) is 0 Å². The fraction of sp³-hybridized carbons (Fsp3) is 0.524. The molecule has 0 unspecified atom stereocenters. The number of nitrogens with one attached hydrogen (secondary N) is 2. The van der Waals surface area contributed by atoms with E-state index in [1.54, 1.807) is 26.4 Å². The van der Waals surface area contributed by atoms with E-state index < -0.39 is 12.0 Å².